The van der Waals surface area contributed by atoms with Crippen LogP contribution in [0.1, 0.15) is 82.6 Å². The third-order valence-electron chi connectivity index (χ3n) is 9.62. The number of hydrogen-bond donors (Lipinski definition) is 10. The van der Waals surface area contributed by atoms with Gasteiger partial charge in [0.25, 0.3) is 0 Å². The van der Waals surface area contributed by atoms with E-state index in [2.05, 4.69) is 57.9 Å². The Morgan fingerprint density at radius 1 is 0.519 bits per heavy atom. The van der Waals surface area contributed by atoms with Gasteiger partial charge in [0, 0.05) is 92.6 Å². The molecule has 608 valence electrons. The van der Waals surface area contributed by atoms with Crippen LogP contribution in [0.5, 0.6) is 0 Å². The van der Waals surface area contributed by atoms with Gasteiger partial charge in [0.05, 0.1) is 80.3 Å². The molecule has 42 heteroatoms. The van der Waals surface area contributed by atoms with Crippen molar-refractivity contribution < 1.29 is 125 Å². The summed E-state index contributed by atoms with van der Waals surface area (Å²) in [5.74, 6) is 0.665. The predicted molar refractivity (Wildman–Crippen MR) is 419 cm³/mol. The standard InChI is InChI=1S/C15H19NO5S2.C10H17NO5S2.C7H6S.2C6H11NO3.2C4H6N2O2.C2H4S.2C2H6S.2CO2.2CH4O.2CH3/c1-20-14(18)8-5-12(17)9-16-15(19)21-10-11-3-6-13(7-4-11)23-22-2;1-15-9(13)4-3-8(12)7-11-10(14)16-5-6-18-17-2;1-6-2-4-7(8)5-3-6;2*1-10-6(9)3-2-5(8)4-7;2*7-3-1-2-4(8)6-5-3;1-2-3-1;2*1-3-2;2*2-1-3;2*1-2;;/h3-4,6-7H,5,8-10H2,1-2H3,(H,16,19);3-7H2,1-2H3,(H,11,14);2-5H,1H2;2*2-4,7H2,1H3;2*1-2H2,(H,5,7)(H,6,8);1-2H2;2*1-2H3;;;2*2H,1H3;2*1H3/q;;;;;;;;;;;;;;2*-1. The molecule has 34 nitrogen and oxygen atoms in total. The first-order valence-electron chi connectivity index (χ1n) is 29.6. The number of rotatable bonds is 26. The number of benzene rings is 1. The Kier molecular flexibility index (Phi) is 113. The molecule has 0 unspecified atom stereocenters. The maximum absolute atomic E-state index is 11.5. The third kappa shape index (κ3) is 110. The van der Waals surface area contributed by atoms with Crippen LogP contribution in [0.4, 0.5) is 9.59 Å². The van der Waals surface area contributed by atoms with Crippen molar-refractivity contribution in [2.75, 3.05) is 130 Å². The van der Waals surface area contributed by atoms with Gasteiger partial charge in [-0.25, -0.2) is 9.59 Å². The molecule has 5 rings (SSSR count). The Morgan fingerprint density at radius 2 is 0.811 bits per heavy atom. The van der Waals surface area contributed by atoms with Gasteiger partial charge >= 0.3 is 48.4 Å². The number of ether oxygens (including phenoxy) is 6. The molecule has 106 heavy (non-hydrogen) atoms. The Balaban J connectivity index is -0.000000109. The Bertz CT molecular complexity index is 2520. The van der Waals surface area contributed by atoms with Crippen LogP contribution in [0.15, 0.2) is 65.6 Å². The Hall–Kier alpha value is -7.44. The molecule has 3 fully saturated rings. The molecule has 12 N–H and O–H groups in total. The van der Waals surface area contributed by atoms with Gasteiger partial charge in [-0.2, -0.15) is 54.5 Å². The quantitative estimate of drug-likeness (QED) is 0.0116. The number of alkyl carbamates (subject to hydrolysis) is 2. The van der Waals surface area contributed by atoms with Crippen LogP contribution < -0.4 is 43.8 Å². The molecule has 3 heterocycles. The van der Waals surface area contributed by atoms with Crippen LogP contribution in [-0.4, -0.2) is 240 Å². The summed E-state index contributed by atoms with van der Waals surface area (Å²) >= 11 is 10.3. The topological polar surface area (TPSA) is 527 Å². The van der Waals surface area contributed by atoms with Gasteiger partial charge in [-0.05, 0) is 73.0 Å². The van der Waals surface area contributed by atoms with Crippen molar-refractivity contribution in [2.45, 2.75) is 88.6 Å². The Morgan fingerprint density at radius 3 is 1.06 bits per heavy atom. The minimum Gasteiger partial charge on any atom is -0.469 e. The summed E-state index contributed by atoms with van der Waals surface area (Å²) in [6.07, 6.45) is 20.9. The molecule has 1 aliphatic carbocycles. The number of allylic oxidation sites excluding steroid dienone is 5. The van der Waals surface area contributed by atoms with Crippen molar-refractivity contribution in [3.63, 3.8) is 0 Å². The fourth-order valence-electron chi connectivity index (χ4n) is 4.81. The molecule has 6 amide bonds. The van der Waals surface area contributed by atoms with Crippen molar-refractivity contribution in [2.24, 2.45) is 11.5 Å². The lowest BCUT2D eigenvalue weighted by atomic mass is 10.1. The maximum Gasteiger partial charge on any atom is 0.407 e. The summed E-state index contributed by atoms with van der Waals surface area (Å²) < 4.78 is 27.3. The van der Waals surface area contributed by atoms with Gasteiger partial charge in [-0.15, -0.1) is 0 Å². The summed E-state index contributed by atoms with van der Waals surface area (Å²) in [5, 5.41) is 18.7. The van der Waals surface area contributed by atoms with Crippen molar-refractivity contribution in [1.82, 2.24) is 32.3 Å². The first kappa shape index (κ1) is 122. The smallest absolute Gasteiger partial charge is 0.407 e. The molecule has 0 atom stereocenters. The number of hydrazine groups is 2. The Labute approximate surface area is 655 Å². The number of Topliss-reactive ketones (excluding diaryl/α,β-unsaturated/α-hetero) is 4. The van der Waals surface area contributed by atoms with Crippen LogP contribution in [0, 0.1) is 14.9 Å². The van der Waals surface area contributed by atoms with Crippen molar-refractivity contribution in [3.8, 4) is 0 Å². The fraction of sp³-hybridized carbons (Fsp3) is 0.516. The molecule has 0 bridgehead atoms. The lowest BCUT2D eigenvalue weighted by molar-refractivity contribution is -0.193. The van der Waals surface area contributed by atoms with Crippen molar-refractivity contribution in [1.29, 1.82) is 0 Å². The molecule has 3 saturated heterocycles. The second kappa shape index (κ2) is 97.6. The van der Waals surface area contributed by atoms with Gasteiger partial charge < -0.3 is 75.6 Å². The maximum atomic E-state index is 11.5. The van der Waals surface area contributed by atoms with E-state index < -0.39 is 24.1 Å². The van der Waals surface area contributed by atoms with Crippen LogP contribution in [0.2, 0.25) is 0 Å². The van der Waals surface area contributed by atoms with Gasteiger partial charge in [0.1, 0.15) is 24.8 Å². The van der Waals surface area contributed by atoms with Crippen molar-refractivity contribution in [3.05, 3.63) is 81.1 Å². The monoisotopic (exact) mass is 1660 g/mol. The zero-order valence-corrected chi connectivity index (χ0v) is 68.8. The summed E-state index contributed by atoms with van der Waals surface area (Å²) in [6.45, 7) is 3.84. The van der Waals surface area contributed by atoms with E-state index in [-0.39, 0.29) is 170 Å². The average molecular weight is 1660 g/mol. The highest BCUT2D eigenvalue weighted by Gasteiger charge is 2.14. The van der Waals surface area contributed by atoms with E-state index in [4.69, 9.17) is 62.6 Å². The summed E-state index contributed by atoms with van der Waals surface area (Å²) in [7, 11) is 13.6. The lowest BCUT2D eigenvalue weighted by Gasteiger charge is -2.10. The number of thioether (sulfide) groups is 3. The molecule has 1 aromatic carbocycles. The molecule has 3 aliphatic heterocycles. The number of aliphatic hydroxyl groups excluding tert-OH is 2. The number of thiocarbonyl (C=S) groups is 1. The molecular formula is C64H106N8O26S8-2. The number of methoxy groups -OCH3 is 4. The van der Waals surface area contributed by atoms with E-state index in [1.807, 2.05) is 97.9 Å². The first-order valence-corrected chi connectivity index (χ1v) is 39.7. The zero-order valence-electron chi connectivity index (χ0n) is 62.3. The predicted octanol–water partition coefficient (Wildman–Crippen LogP) is 4.52. The van der Waals surface area contributed by atoms with E-state index >= 15 is 0 Å². The van der Waals surface area contributed by atoms with Gasteiger partial charge in [0.2, 0.25) is 23.6 Å². The largest absolute Gasteiger partial charge is 0.469 e. The molecule has 0 radical (unpaired) electrons. The van der Waals surface area contributed by atoms with E-state index in [1.165, 1.54) is 39.9 Å². The number of nitrogens with two attached hydrogens (primary N) is 2. The minimum absolute atomic E-state index is 0. The molecular weight excluding hydrogens is 1550 g/mol. The molecule has 0 aromatic heterocycles. The second-order valence-corrected chi connectivity index (χ2v) is 26.1. The third-order valence-corrected chi connectivity index (χ3v) is 13.8. The van der Waals surface area contributed by atoms with E-state index in [1.54, 1.807) is 66.7 Å². The first-order chi connectivity index (χ1) is 49.6. The number of carbonyl (C=O) groups is 14. The highest BCUT2D eigenvalue weighted by molar-refractivity contribution is 8.76. The zero-order chi connectivity index (χ0) is 81.7. The number of aliphatic hydroxyl groups is 2. The number of hydrogen-bond acceptors (Lipinski definition) is 36. The number of ketones is 4. The highest BCUT2D eigenvalue weighted by Crippen LogP contribution is 2.28. The molecule has 4 aliphatic rings. The van der Waals surface area contributed by atoms with E-state index in [9.17, 15) is 67.1 Å². The number of nitrogens with one attached hydrogen (secondary N) is 6. The lowest BCUT2D eigenvalue weighted by Crippen LogP contribution is -2.46. The number of carbonyl (C=O) groups excluding carboxylic acids is 18. The molecule has 0 saturated carbocycles. The molecule has 0 spiro atoms. The van der Waals surface area contributed by atoms with Crippen molar-refractivity contribution >= 4 is 191 Å². The van der Waals surface area contributed by atoms with Gasteiger partial charge in [-0.3, -0.25) is 79.2 Å². The van der Waals surface area contributed by atoms with Gasteiger partial charge in [-0.1, -0.05) is 86.3 Å². The van der Waals surface area contributed by atoms with E-state index in [0.717, 1.165) is 35.1 Å². The van der Waals surface area contributed by atoms with Crippen LogP contribution in [-0.2, 0) is 112 Å². The summed E-state index contributed by atoms with van der Waals surface area (Å²) in [5.41, 5.74) is 20.6. The fourth-order valence-corrected chi connectivity index (χ4v) is 7.32. The number of amides is 6. The van der Waals surface area contributed by atoms with Gasteiger partial charge in [0.15, 0.2) is 11.6 Å². The van der Waals surface area contributed by atoms with Crippen LogP contribution >= 0.6 is 90.7 Å². The van der Waals surface area contributed by atoms with Crippen LogP contribution in [0.3, 0.4) is 0 Å². The number of esters is 4. The normalized spacial score (nSPS) is 11.1. The summed E-state index contributed by atoms with van der Waals surface area (Å²) in [4.78, 5) is 184. The van der Waals surface area contributed by atoms with Crippen LogP contribution in [0.25, 0.3) is 0 Å². The van der Waals surface area contributed by atoms with E-state index in [0.29, 0.717) is 38.0 Å². The summed E-state index contributed by atoms with van der Waals surface area (Å²) in [6, 6.07) is 7.67. The molecule has 1 aromatic rings. The minimum atomic E-state index is -0.668. The second-order valence-electron chi connectivity index (χ2n) is 17.6. The SMILES string of the molecule is C1CS1.C=C1C=CC(=S)C=C1.CO.CO.COC(=O)CCC(=O)CN.COC(=O)CCC(=O)CN.COC(=O)CCC(=O)CNC(=O)OCCSSC.COC(=O)CCC(=O)CNC(=O)OCc1ccc(SSC)cc1.CSC.CSC.O=C1CCC(=O)NN1.O=C1CCC(=O)NN1.O=C=O.O=C=O.[CH3-].[CH3-]. The average Bonchev–Trinajstić information content (AvgIpc) is 1.60. The highest BCUT2D eigenvalue weighted by atomic mass is 33.1.